The Bertz CT molecular complexity index is 3210. The quantitative estimate of drug-likeness (QED) is 0.0115. The van der Waals surface area contributed by atoms with Gasteiger partial charge in [-0.25, -0.2) is 9.78 Å². The minimum Gasteiger partial charge on any atom is -0.481 e. The summed E-state index contributed by atoms with van der Waals surface area (Å²) in [5, 5.41) is 46.9. The normalized spacial score (nSPS) is 15.4. The molecule has 3 heterocycles. The number of para-hydroxylation sites is 1. The highest BCUT2D eigenvalue weighted by Crippen LogP contribution is 2.22. The number of hydrogen-bond acceptors (Lipinski definition) is 16. The number of aliphatic imine (C=N–C) groups is 1. The minimum absolute atomic E-state index is 0.0470. The molecule has 0 aliphatic carbocycles. The van der Waals surface area contributed by atoms with Crippen molar-refractivity contribution in [3.05, 3.63) is 90.1 Å². The van der Waals surface area contributed by atoms with Crippen molar-refractivity contribution in [2.75, 3.05) is 13.1 Å². The van der Waals surface area contributed by atoms with Crippen molar-refractivity contribution in [3.8, 4) is 0 Å². The highest BCUT2D eigenvalue weighted by Gasteiger charge is 2.40. The van der Waals surface area contributed by atoms with Crippen molar-refractivity contribution >= 4 is 93.8 Å². The molecule has 33 nitrogen and oxygen atoms in total. The maximum Gasteiger partial charge on any atom is 0.326 e. The summed E-state index contributed by atoms with van der Waals surface area (Å²) in [6.45, 7) is 0.105. The van der Waals surface area contributed by atoms with Crippen LogP contribution in [0.4, 0.5) is 0 Å². The van der Waals surface area contributed by atoms with Gasteiger partial charge in [0.2, 0.25) is 59.1 Å². The molecule has 1 fully saturated rings. The molecule has 480 valence electrons. The summed E-state index contributed by atoms with van der Waals surface area (Å²) in [6, 6.07) is 0.959. The van der Waals surface area contributed by atoms with E-state index in [2.05, 4.69) is 57.2 Å². The van der Waals surface area contributed by atoms with E-state index in [1.165, 1.54) is 12.5 Å². The van der Waals surface area contributed by atoms with Gasteiger partial charge in [0.05, 0.1) is 18.8 Å². The molecule has 22 N–H and O–H groups in total. The van der Waals surface area contributed by atoms with Crippen LogP contribution in [0.1, 0.15) is 87.4 Å². The molecule has 33 heteroatoms. The highest BCUT2D eigenvalue weighted by atomic mass is 16.4. The molecular weight excluding hydrogens is 1170 g/mol. The number of nitrogens with one attached hydrogen (secondary N) is 9. The van der Waals surface area contributed by atoms with Crippen molar-refractivity contribution < 1.29 is 77.6 Å². The van der Waals surface area contributed by atoms with Gasteiger partial charge < -0.3 is 96.1 Å². The van der Waals surface area contributed by atoms with E-state index in [9.17, 15) is 77.6 Å². The second kappa shape index (κ2) is 34.0. The molecule has 0 radical (unpaired) electrons. The summed E-state index contributed by atoms with van der Waals surface area (Å²) in [5.74, 6) is -15.0. The number of benzene rings is 2. The van der Waals surface area contributed by atoms with Gasteiger partial charge in [0.1, 0.15) is 48.3 Å². The SMILES string of the molecule is NC(=O)CC[C@H](NC(=O)[C@H](Cc1c[nH]c2ccccc12)NC(=O)[C@H](Cc1ccccc1)NC(=O)[C@H](Cc1cnc[nH]1)NC(=O)[C@@H](N)CCCN=C(N)N)C(=O)N[C@@H](CCC(N)=O)C(=O)N[C@@H](CC(=O)O)C(=O)N[C@@H](CCC(=O)O)C(=O)N1CCC[C@H]1C(=O)O. The molecule has 0 bridgehead atoms. The zero-order valence-corrected chi connectivity index (χ0v) is 48.3. The predicted octanol–water partition coefficient (Wildman–Crippen LogP) is -4.36. The summed E-state index contributed by atoms with van der Waals surface area (Å²) in [7, 11) is 0. The molecule has 1 aliphatic heterocycles. The monoisotopic (exact) mass is 1240 g/mol. The first kappa shape index (κ1) is 69.3. The Morgan fingerprint density at radius 1 is 0.584 bits per heavy atom. The maximum atomic E-state index is 14.9. The van der Waals surface area contributed by atoms with E-state index in [4.69, 9.17) is 28.7 Å². The van der Waals surface area contributed by atoms with Gasteiger partial charge in [-0.05, 0) is 62.1 Å². The van der Waals surface area contributed by atoms with E-state index in [-0.39, 0.29) is 57.6 Å². The predicted molar refractivity (Wildman–Crippen MR) is 314 cm³/mol. The van der Waals surface area contributed by atoms with Gasteiger partial charge in [0.15, 0.2) is 5.96 Å². The van der Waals surface area contributed by atoms with Crippen LogP contribution in [-0.2, 0) is 81.6 Å². The van der Waals surface area contributed by atoms with E-state index in [1.54, 1.807) is 60.8 Å². The number of carboxylic acids is 3. The number of hydrogen-bond donors (Lipinski definition) is 17. The zero-order chi connectivity index (χ0) is 65.3. The third-order valence-corrected chi connectivity index (χ3v) is 14.3. The van der Waals surface area contributed by atoms with Crippen molar-refractivity contribution in [1.29, 1.82) is 0 Å². The van der Waals surface area contributed by atoms with Crippen LogP contribution in [0, 0.1) is 0 Å². The molecular formula is C56H75N17O16. The Kier molecular flexibility index (Phi) is 26.5. The Balaban J connectivity index is 1.45. The summed E-state index contributed by atoms with van der Waals surface area (Å²) in [5.41, 5.74) is 30.0. The Hall–Kier alpha value is -10.5. The summed E-state index contributed by atoms with van der Waals surface area (Å²) >= 11 is 0. The summed E-state index contributed by atoms with van der Waals surface area (Å²) in [4.78, 5) is 189. The molecule has 0 saturated carbocycles. The molecule has 2 aromatic carbocycles. The second-order valence-corrected chi connectivity index (χ2v) is 21.1. The number of H-pyrrole nitrogens is 2. The third-order valence-electron chi connectivity index (χ3n) is 14.3. The van der Waals surface area contributed by atoms with E-state index in [1.807, 2.05) is 0 Å². The maximum absolute atomic E-state index is 14.9. The first-order valence-corrected chi connectivity index (χ1v) is 28.3. The third kappa shape index (κ3) is 22.4. The summed E-state index contributed by atoms with van der Waals surface area (Å²) < 4.78 is 0. The lowest BCUT2D eigenvalue weighted by Gasteiger charge is -2.29. The average molecular weight is 1240 g/mol. The van der Waals surface area contributed by atoms with Crippen LogP contribution < -0.4 is 65.9 Å². The number of carbonyl (C=O) groups excluding carboxylic acids is 10. The smallest absolute Gasteiger partial charge is 0.326 e. The second-order valence-electron chi connectivity index (χ2n) is 21.1. The molecule has 2 aromatic heterocycles. The lowest BCUT2D eigenvalue weighted by atomic mass is 10.0. The highest BCUT2D eigenvalue weighted by molar-refractivity contribution is 6.00. The fourth-order valence-electron chi connectivity index (χ4n) is 9.68. The number of rotatable bonds is 37. The van der Waals surface area contributed by atoms with Crippen molar-refractivity contribution in [3.63, 3.8) is 0 Å². The molecule has 1 saturated heterocycles. The fraction of sp³-hybridized carbons (Fsp3) is 0.446. The Labute approximate surface area is 508 Å². The molecule has 0 unspecified atom stereocenters. The fourth-order valence-corrected chi connectivity index (χ4v) is 9.68. The first-order chi connectivity index (χ1) is 42.3. The van der Waals surface area contributed by atoms with Crippen LogP contribution >= 0.6 is 0 Å². The molecule has 89 heavy (non-hydrogen) atoms. The number of imidazole rings is 1. The van der Waals surface area contributed by atoms with Crippen LogP contribution in [0.5, 0.6) is 0 Å². The number of nitrogens with zero attached hydrogens (tertiary/aromatic N) is 3. The van der Waals surface area contributed by atoms with E-state index in [0.29, 0.717) is 34.1 Å². The molecule has 5 rings (SSSR count). The number of carboxylic acid groups (broad SMARTS) is 3. The molecule has 9 atom stereocenters. The van der Waals surface area contributed by atoms with Gasteiger partial charge in [-0.3, -0.25) is 62.5 Å². The first-order valence-electron chi connectivity index (χ1n) is 28.3. The number of likely N-dealkylation sites (tertiary alicyclic amines) is 1. The standard InChI is InChI=1S/C56H75N17O16/c57-33(11-6-20-63-56(60)61)47(80)69-40(24-31-27-62-28-65-31)52(85)70-38(22-29-8-2-1-3-9-29)50(83)71-39(23-30-26-64-34-12-5-4-10-32(30)34)51(84)67-35(14-17-43(58)74)48(81)66-36(15-18-44(59)75)49(82)72-41(25-46(78)79)53(86)68-37(16-19-45(76)77)54(87)73-21-7-13-42(73)55(88)89/h1-5,8-10,12,26-28,33,35-42,64H,6-7,11,13-25,57H2,(H2,58,74)(H2,59,75)(H,62,65)(H,66,81)(H,67,84)(H,68,86)(H,69,80)(H,70,85)(H,71,83)(H,72,82)(H,76,77)(H,78,79)(H,88,89)(H4,60,61,63)/t33-,35-,36-,37-,38-,39-,40-,41-,42-/m0/s1. The van der Waals surface area contributed by atoms with Crippen molar-refractivity contribution in [2.24, 2.45) is 33.7 Å². The number of amides is 10. The Morgan fingerprint density at radius 3 is 1.66 bits per heavy atom. The van der Waals surface area contributed by atoms with Crippen LogP contribution in [0.25, 0.3) is 10.9 Å². The number of nitrogens with two attached hydrogens (primary N) is 5. The van der Waals surface area contributed by atoms with Crippen molar-refractivity contribution in [2.45, 2.75) is 144 Å². The number of aromatic amines is 2. The largest absolute Gasteiger partial charge is 0.481 e. The number of carbonyl (C=O) groups is 13. The Morgan fingerprint density at radius 2 is 1.10 bits per heavy atom. The van der Waals surface area contributed by atoms with E-state index >= 15 is 0 Å². The summed E-state index contributed by atoms with van der Waals surface area (Å²) in [6.07, 6.45) is -0.401. The van der Waals surface area contributed by atoms with E-state index in [0.717, 1.165) is 4.90 Å². The van der Waals surface area contributed by atoms with Crippen LogP contribution in [0.2, 0.25) is 0 Å². The van der Waals surface area contributed by atoms with Gasteiger partial charge in [-0.1, -0.05) is 48.5 Å². The van der Waals surface area contributed by atoms with Crippen LogP contribution in [-0.4, -0.2) is 186 Å². The molecule has 10 amide bonds. The number of aromatic nitrogens is 3. The zero-order valence-electron chi connectivity index (χ0n) is 48.3. The molecule has 4 aromatic rings. The van der Waals surface area contributed by atoms with Gasteiger partial charge >= 0.3 is 17.9 Å². The number of fused-ring (bicyclic) bond motifs is 1. The van der Waals surface area contributed by atoms with Crippen LogP contribution in [0.15, 0.2) is 78.3 Å². The molecule has 0 spiro atoms. The minimum atomic E-state index is -2.07. The van der Waals surface area contributed by atoms with Gasteiger partial charge in [0.25, 0.3) is 0 Å². The lowest BCUT2D eigenvalue weighted by Crippen LogP contribution is -2.61. The average Bonchev–Trinajstić information content (AvgIpc) is 4.44. The molecule has 1 aliphatic rings. The topological polar surface area (TPSA) is 557 Å². The van der Waals surface area contributed by atoms with E-state index < -0.39 is 176 Å². The number of aliphatic carboxylic acids is 3. The van der Waals surface area contributed by atoms with Crippen LogP contribution in [0.3, 0.4) is 0 Å². The van der Waals surface area contributed by atoms with Gasteiger partial charge in [0, 0.05) is 80.6 Å². The van der Waals surface area contributed by atoms with Gasteiger partial charge in [-0.15, -0.1) is 0 Å². The number of guanidine groups is 1. The lowest BCUT2D eigenvalue weighted by molar-refractivity contribution is -0.150. The number of primary amides is 2. The van der Waals surface area contributed by atoms with Gasteiger partial charge in [-0.2, -0.15) is 0 Å². The van der Waals surface area contributed by atoms with Crippen molar-refractivity contribution in [1.82, 2.24) is 57.1 Å².